The molecule has 0 bridgehead atoms. The molecule has 2 aliphatic rings. The first-order valence-corrected chi connectivity index (χ1v) is 5.49. The third-order valence-electron chi connectivity index (χ3n) is 3.19. The van der Waals surface area contributed by atoms with E-state index in [0.717, 1.165) is 12.2 Å². The first-order chi connectivity index (χ1) is 8.53. The molecule has 0 amide bonds. The lowest BCUT2D eigenvalue weighted by molar-refractivity contribution is -0.112. The standard InChI is InChI=1S/C14H9FO3/c1-8-11(16)6-7-14(15)12(8)9-4-2-3-5-10(9)13(17)18-14/h2-7H,1H3. The molecule has 0 fully saturated rings. The number of rotatable bonds is 0. The van der Waals surface area contributed by atoms with Crippen molar-refractivity contribution in [2.75, 3.05) is 0 Å². The van der Waals surface area contributed by atoms with E-state index >= 15 is 0 Å². The molecule has 0 radical (unpaired) electrons. The Labute approximate surface area is 103 Å². The van der Waals surface area contributed by atoms with Crippen molar-refractivity contribution >= 4 is 17.3 Å². The molecule has 0 saturated heterocycles. The third-order valence-corrected chi connectivity index (χ3v) is 3.19. The lowest BCUT2D eigenvalue weighted by Gasteiger charge is -2.33. The van der Waals surface area contributed by atoms with Gasteiger partial charge in [0.2, 0.25) is 0 Å². The molecular formula is C14H9FO3. The highest BCUT2D eigenvalue weighted by Gasteiger charge is 2.46. The van der Waals surface area contributed by atoms with Crippen molar-refractivity contribution in [2.45, 2.75) is 12.8 Å². The van der Waals surface area contributed by atoms with Crippen molar-refractivity contribution in [3.63, 3.8) is 0 Å². The molecule has 0 spiro atoms. The maximum Gasteiger partial charge on any atom is 0.341 e. The minimum Gasteiger partial charge on any atom is -0.417 e. The van der Waals surface area contributed by atoms with Crippen LogP contribution in [-0.4, -0.2) is 17.6 Å². The maximum absolute atomic E-state index is 14.6. The van der Waals surface area contributed by atoms with Gasteiger partial charge in [-0.3, -0.25) is 4.79 Å². The predicted octanol–water partition coefficient (Wildman–Crippen LogP) is 2.44. The number of ketones is 1. The van der Waals surface area contributed by atoms with Gasteiger partial charge >= 0.3 is 5.97 Å². The average Bonchev–Trinajstić information content (AvgIpc) is 2.34. The van der Waals surface area contributed by atoms with Gasteiger partial charge in [-0.25, -0.2) is 4.79 Å². The van der Waals surface area contributed by atoms with E-state index in [1.165, 1.54) is 6.92 Å². The number of halogens is 1. The van der Waals surface area contributed by atoms with Gasteiger partial charge in [0, 0.05) is 17.2 Å². The van der Waals surface area contributed by atoms with Crippen LogP contribution < -0.4 is 0 Å². The minimum atomic E-state index is -2.33. The number of hydrogen-bond acceptors (Lipinski definition) is 3. The Balaban J connectivity index is 2.35. The van der Waals surface area contributed by atoms with Crippen LogP contribution in [0, 0.1) is 0 Å². The van der Waals surface area contributed by atoms with Crippen molar-refractivity contribution in [2.24, 2.45) is 0 Å². The molecule has 0 N–H and O–H groups in total. The van der Waals surface area contributed by atoms with Gasteiger partial charge in [0.1, 0.15) is 0 Å². The van der Waals surface area contributed by atoms with Gasteiger partial charge in [-0.1, -0.05) is 18.2 Å². The second-order valence-corrected chi connectivity index (χ2v) is 4.28. The first-order valence-electron chi connectivity index (χ1n) is 5.49. The highest BCUT2D eigenvalue weighted by Crippen LogP contribution is 2.44. The van der Waals surface area contributed by atoms with Crippen LogP contribution in [-0.2, 0) is 9.53 Å². The van der Waals surface area contributed by atoms with Crippen molar-refractivity contribution < 1.29 is 18.7 Å². The number of allylic oxidation sites excluding steroid dienone is 2. The third kappa shape index (κ3) is 1.29. The largest absolute Gasteiger partial charge is 0.417 e. The molecule has 90 valence electrons. The molecule has 0 aromatic heterocycles. The summed E-state index contributed by atoms with van der Waals surface area (Å²) in [5, 5.41) is 0. The van der Waals surface area contributed by atoms with E-state index in [1.807, 2.05) is 0 Å². The summed E-state index contributed by atoms with van der Waals surface area (Å²) in [5.41, 5.74) is 1.10. The summed E-state index contributed by atoms with van der Waals surface area (Å²) >= 11 is 0. The van der Waals surface area contributed by atoms with Crippen LogP contribution in [0.15, 0.2) is 42.0 Å². The van der Waals surface area contributed by atoms with Crippen LogP contribution in [0.5, 0.6) is 0 Å². The monoisotopic (exact) mass is 244 g/mol. The number of carbonyl (C=O) groups excluding carboxylic acids is 2. The summed E-state index contributed by atoms with van der Waals surface area (Å²) in [7, 11) is 0. The zero-order chi connectivity index (χ0) is 12.9. The van der Waals surface area contributed by atoms with Crippen LogP contribution in [0.2, 0.25) is 0 Å². The highest BCUT2D eigenvalue weighted by atomic mass is 19.2. The quantitative estimate of drug-likeness (QED) is 0.658. The Hall–Kier alpha value is -2.23. The van der Waals surface area contributed by atoms with Gasteiger partial charge in [0.15, 0.2) is 5.78 Å². The van der Waals surface area contributed by atoms with Crippen molar-refractivity contribution in [3.8, 4) is 0 Å². The molecule has 1 aliphatic carbocycles. The second kappa shape index (κ2) is 3.38. The summed E-state index contributed by atoms with van der Waals surface area (Å²) in [6.45, 7) is 1.53. The van der Waals surface area contributed by atoms with Crippen LogP contribution >= 0.6 is 0 Å². The van der Waals surface area contributed by atoms with Crippen molar-refractivity contribution in [1.29, 1.82) is 0 Å². The molecule has 3 nitrogen and oxygen atoms in total. The SMILES string of the molecule is CC1=C2c3ccccc3C(=O)OC2(F)C=CC1=O. The molecule has 1 aliphatic heterocycles. The molecule has 3 rings (SSSR count). The summed E-state index contributed by atoms with van der Waals surface area (Å²) in [4.78, 5) is 23.4. The zero-order valence-corrected chi connectivity index (χ0v) is 9.57. The minimum absolute atomic E-state index is 0.130. The fraction of sp³-hybridized carbons (Fsp3) is 0.143. The van der Waals surface area contributed by atoms with E-state index in [9.17, 15) is 14.0 Å². The van der Waals surface area contributed by atoms with Crippen LogP contribution in [0.25, 0.3) is 5.57 Å². The Morgan fingerprint density at radius 3 is 2.56 bits per heavy atom. The fourth-order valence-corrected chi connectivity index (χ4v) is 2.31. The fourth-order valence-electron chi connectivity index (χ4n) is 2.31. The lowest BCUT2D eigenvalue weighted by Crippen LogP contribution is -2.38. The number of esters is 1. The lowest BCUT2D eigenvalue weighted by atomic mass is 9.84. The topological polar surface area (TPSA) is 43.4 Å². The van der Waals surface area contributed by atoms with Crippen molar-refractivity contribution in [3.05, 3.63) is 53.1 Å². The van der Waals surface area contributed by atoms with Gasteiger partial charge in [-0.2, -0.15) is 4.39 Å². The number of hydrogen-bond donors (Lipinski definition) is 0. The van der Waals surface area contributed by atoms with E-state index in [2.05, 4.69) is 0 Å². The van der Waals surface area contributed by atoms with Gasteiger partial charge in [-0.05, 0) is 24.6 Å². The van der Waals surface area contributed by atoms with Crippen molar-refractivity contribution in [1.82, 2.24) is 0 Å². The van der Waals surface area contributed by atoms with Gasteiger partial charge < -0.3 is 4.74 Å². The summed E-state index contributed by atoms with van der Waals surface area (Å²) in [6.07, 6.45) is 2.09. The molecule has 0 saturated carbocycles. The van der Waals surface area contributed by atoms with E-state index in [1.54, 1.807) is 24.3 Å². The van der Waals surface area contributed by atoms with Crippen LogP contribution in [0.3, 0.4) is 0 Å². The first kappa shape index (κ1) is 10.9. The summed E-state index contributed by atoms with van der Waals surface area (Å²) < 4.78 is 19.5. The second-order valence-electron chi connectivity index (χ2n) is 4.28. The Bertz CT molecular complexity index is 642. The summed E-state index contributed by atoms with van der Waals surface area (Å²) in [5.74, 6) is -3.32. The molecule has 4 heteroatoms. The van der Waals surface area contributed by atoms with Gasteiger partial charge in [0.25, 0.3) is 5.85 Å². The number of alkyl halides is 1. The molecule has 18 heavy (non-hydrogen) atoms. The smallest absolute Gasteiger partial charge is 0.341 e. The molecule has 1 atom stereocenters. The number of ether oxygens (including phenoxy) is 1. The molecule has 1 aromatic carbocycles. The average molecular weight is 244 g/mol. The number of benzene rings is 1. The van der Waals surface area contributed by atoms with Gasteiger partial charge in [0.05, 0.1) is 5.56 Å². The van der Waals surface area contributed by atoms with E-state index in [0.29, 0.717) is 5.56 Å². The molecule has 1 unspecified atom stereocenters. The Morgan fingerprint density at radius 1 is 1.17 bits per heavy atom. The van der Waals surface area contributed by atoms with E-state index < -0.39 is 11.8 Å². The molecule has 1 heterocycles. The molecular weight excluding hydrogens is 235 g/mol. The Kier molecular flexibility index (Phi) is 2.05. The zero-order valence-electron chi connectivity index (χ0n) is 9.57. The molecule has 1 aromatic rings. The predicted molar refractivity (Wildman–Crippen MR) is 62.4 cm³/mol. The van der Waals surface area contributed by atoms with Crippen LogP contribution in [0.1, 0.15) is 22.8 Å². The summed E-state index contributed by atoms with van der Waals surface area (Å²) in [6, 6.07) is 6.54. The van der Waals surface area contributed by atoms with Crippen LogP contribution in [0.4, 0.5) is 4.39 Å². The number of fused-ring (bicyclic) bond motifs is 3. The normalized spacial score (nSPS) is 25.7. The van der Waals surface area contributed by atoms with Gasteiger partial charge in [-0.15, -0.1) is 0 Å². The highest BCUT2D eigenvalue weighted by molar-refractivity contribution is 6.15. The number of carbonyl (C=O) groups is 2. The van der Waals surface area contributed by atoms with E-state index in [4.69, 9.17) is 4.74 Å². The van der Waals surface area contributed by atoms with E-state index in [-0.39, 0.29) is 22.5 Å². The Morgan fingerprint density at radius 2 is 1.83 bits per heavy atom. The maximum atomic E-state index is 14.6.